The molecule has 5 heteroatoms. The molecule has 1 aliphatic heterocycles. The molecule has 1 aromatic rings. The molecule has 2 heterocycles. The van der Waals surface area contributed by atoms with Gasteiger partial charge in [-0.05, 0) is 25.5 Å². The Morgan fingerprint density at radius 2 is 2.05 bits per heavy atom. The van der Waals surface area contributed by atoms with E-state index in [1.54, 1.807) is 0 Å². The van der Waals surface area contributed by atoms with E-state index < -0.39 is 0 Å². The van der Waals surface area contributed by atoms with Gasteiger partial charge in [0.05, 0.1) is 11.6 Å². The number of rotatable bonds is 2. The molecule has 0 atom stereocenters. The normalized spacial score (nSPS) is 15.3. The number of carbonyl (C=O) groups excluding carboxylic acids is 1. The van der Waals surface area contributed by atoms with Gasteiger partial charge in [-0.3, -0.25) is 4.79 Å². The minimum atomic E-state index is -0.379. The van der Waals surface area contributed by atoms with Crippen molar-refractivity contribution in [2.75, 3.05) is 18.0 Å². The van der Waals surface area contributed by atoms with Crippen molar-refractivity contribution in [2.45, 2.75) is 40.7 Å². The van der Waals surface area contributed by atoms with Crippen LogP contribution in [0.4, 0.5) is 5.82 Å². The Balaban J connectivity index is 2.06. The average molecular weight is 286 g/mol. The zero-order chi connectivity index (χ0) is 15.8. The van der Waals surface area contributed by atoms with Crippen LogP contribution in [0, 0.1) is 30.6 Å². The first-order valence-corrected chi connectivity index (χ1v) is 7.16. The third-order valence-electron chi connectivity index (χ3n) is 3.63. The molecule has 0 bridgehead atoms. The van der Waals surface area contributed by atoms with Crippen LogP contribution in [0.25, 0.3) is 0 Å². The second-order valence-corrected chi connectivity index (χ2v) is 6.72. The number of aromatic nitrogens is 1. The number of pyridine rings is 1. The number of nitrogens with one attached hydrogen (secondary N) is 1. The van der Waals surface area contributed by atoms with Crippen LogP contribution in [0.5, 0.6) is 0 Å². The molecule has 0 radical (unpaired) electrons. The van der Waals surface area contributed by atoms with E-state index in [4.69, 9.17) is 0 Å². The maximum Gasteiger partial charge on any atom is 0.225 e. The van der Waals surface area contributed by atoms with Crippen LogP contribution < -0.4 is 10.2 Å². The van der Waals surface area contributed by atoms with E-state index in [0.717, 1.165) is 17.1 Å². The highest BCUT2D eigenvalue weighted by atomic mass is 16.2. The van der Waals surface area contributed by atoms with Crippen molar-refractivity contribution in [3.05, 3.63) is 22.9 Å². The number of carbonyl (C=O) groups is 1. The molecule has 0 aliphatic carbocycles. The smallest absolute Gasteiger partial charge is 0.225 e. The lowest BCUT2D eigenvalue weighted by atomic mass is 9.94. The van der Waals surface area contributed by atoms with Gasteiger partial charge in [0.15, 0.2) is 0 Å². The Kier molecular flexibility index (Phi) is 3.91. The summed E-state index contributed by atoms with van der Waals surface area (Å²) in [7, 11) is 0. The number of hydrogen-bond donors (Lipinski definition) is 1. The zero-order valence-corrected chi connectivity index (χ0v) is 13.3. The van der Waals surface area contributed by atoms with Crippen LogP contribution in [-0.2, 0) is 4.79 Å². The van der Waals surface area contributed by atoms with Crippen LogP contribution in [0.3, 0.4) is 0 Å². The Morgan fingerprint density at radius 3 is 2.57 bits per heavy atom. The summed E-state index contributed by atoms with van der Waals surface area (Å²) in [5.74, 6) is 0.789. The van der Waals surface area contributed by atoms with Crippen molar-refractivity contribution in [1.29, 1.82) is 5.26 Å². The molecular weight excluding hydrogens is 264 g/mol. The lowest BCUT2D eigenvalue weighted by Gasteiger charge is -2.41. The van der Waals surface area contributed by atoms with Crippen molar-refractivity contribution in [2.24, 2.45) is 5.41 Å². The fourth-order valence-corrected chi connectivity index (χ4v) is 2.33. The summed E-state index contributed by atoms with van der Waals surface area (Å²) < 4.78 is 0. The monoisotopic (exact) mass is 286 g/mol. The van der Waals surface area contributed by atoms with Crippen LogP contribution in [-0.4, -0.2) is 30.0 Å². The highest BCUT2D eigenvalue weighted by molar-refractivity contribution is 5.82. The highest BCUT2D eigenvalue weighted by Crippen LogP contribution is 2.26. The van der Waals surface area contributed by atoms with Gasteiger partial charge < -0.3 is 10.2 Å². The fourth-order valence-electron chi connectivity index (χ4n) is 2.33. The fraction of sp³-hybridized carbons (Fsp3) is 0.562. The summed E-state index contributed by atoms with van der Waals surface area (Å²) >= 11 is 0. The van der Waals surface area contributed by atoms with Crippen LogP contribution in [0.2, 0.25) is 0 Å². The molecule has 1 aliphatic rings. The molecule has 1 N–H and O–H groups in total. The third kappa shape index (κ3) is 3.15. The van der Waals surface area contributed by atoms with Gasteiger partial charge in [-0.15, -0.1) is 0 Å². The molecule has 112 valence electrons. The van der Waals surface area contributed by atoms with Crippen molar-refractivity contribution in [3.8, 4) is 6.07 Å². The number of nitrogens with zero attached hydrogens (tertiary/aromatic N) is 3. The quantitative estimate of drug-likeness (QED) is 0.902. The molecule has 1 fully saturated rings. The third-order valence-corrected chi connectivity index (χ3v) is 3.63. The van der Waals surface area contributed by atoms with E-state index >= 15 is 0 Å². The number of aryl methyl sites for hydroxylation is 2. The van der Waals surface area contributed by atoms with E-state index in [2.05, 4.69) is 16.4 Å². The van der Waals surface area contributed by atoms with Gasteiger partial charge in [0.2, 0.25) is 5.91 Å². The minimum absolute atomic E-state index is 0.0565. The molecule has 0 spiro atoms. The number of anilines is 1. The van der Waals surface area contributed by atoms with E-state index in [1.165, 1.54) is 0 Å². The van der Waals surface area contributed by atoms with Gasteiger partial charge in [-0.25, -0.2) is 4.98 Å². The molecule has 21 heavy (non-hydrogen) atoms. The molecule has 0 saturated carbocycles. The van der Waals surface area contributed by atoms with Gasteiger partial charge in [-0.2, -0.15) is 5.26 Å². The number of amides is 1. The largest absolute Gasteiger partial charge is 0.351 e. The van der Waals surface area contributed by atoms with Crippen molar-refractivity contribution in [3.63, 3.8) is 0 Å². The summed E-state index contributed by atoms with van der Waals surface area (Å²) in [5, 5.41) is 12.3. The van der Waals surface area contributed by atoms with Crippen LogP contribution in [0.1, 0.15) is 37.6 Å². The Labute approximate surface area is 126 Å². The second kappa shape index (κ2) is 5.36. The lowest BCUT2D eigenvalue weighted by molar-refractivity contribution is -0.129. The molecular formula is C16H22N4O. The topological polar surface area (TPSA) is 69.0 Å². The summed E-state index contributed by atoms with van der Waals surface area (Å²) in [6, 6.07) is 4.28. The molecule has 5 nitrogen and oxygen atoms in total. The average Bonchev–Trinajstić information content (AvgIpc) is 2.30. The molecule has 1 saturated heterocycles. The van der Waals surface area contributed by atoms with Crippen molar-refractivity contribution >= 4 is 11.7 Å². The Hall–Kier alpha value is -2.09. The predicted octanol–water partition coefficient (Wildman–Crippen LogP) is 1.92. The first kappa shape index (κ1) is 15.3. The van der Waals surface area contributed by atoms with Crippen LogP contribution >= 0.6 is 0 Å². The zero-order valence-electron chi connectivity index (χ0n) is 13.3. The van der Waals surface area contributed by atoms with Crippen molar-refractivity contribution < 1.29 is 4.79 Å². The molecule has 2 rings (SSSR count). The summed E-state index contributed by atoms with van der Waals surface area (Å²) in [4.78, 5) is 18.5. The van der Waals surface area contributed by atoms with Gasteiger partial charge in [0.1, 0.15) is 11.9 Å². The predicted molar refractivity (Wildman–Crippen MR) is 82.0 cm³/mol. The minimum Gasteiger partial charge on any atom is -0.351 e. The molecule has 1 aromatic heterocycles. The van der Waals surface area contributed by atoms with Crippen molar-refractivity contribution in [1.82, 2.24) is 10.3 Å². The van der Waals surface area contributed by atoms with Gasteiger partial charge in [0, 0.05) is 24.2 Å². The van der Waals surface area contributed by atoms with Gasteiger partial charge >= 0.3 is 0 Å². The lowest BCUT2D eigenvalue weighted by Crippen LogP contribution is -2.61. The van der Waals surface area contributed by atoms with Gasteiger partial charge in [-0.1, -0.05) is 20.8 Å². The maximum atomic E-state index is 11.9. The molecule has 1 amide bonds. The summed E-state index contributed by atoms with van der Waals surface area (Å²) in [6.07, 6.45) is 0. The van der Waals surface area contributed by atoms with E-state index in [-0.39, 0.29) is 17.4 Å². The van der Waals surface area contributed by atoms with E-state index in [0.29, 0.717) is 18.7 Å². The number of hydrogen-bond acceptors (Lipinski definition) is 4. The first-order valence-electron chi connectivity index (χ1n) is 7.16. The SMILES string of the molecule is Cc1cc(C)c(C#N)c(N2CC(NC(=O)C(C)(C)C)C2)n1. The summed E-state index contributed by atoms with van der Waals surface area (Å²) in [5.41, 5.74) is 2.10. The second-order valence-electron chi connectivity index (χ2n) is 6.72. The maximum absolute atomic E-state index is 11.9. The molecule has 0 aromatic carbocycles. The Bertz CT molecular complexity index is 604. The van der Waals surface area contributed by atoms with Crippen LogP contribution in [0.15, 0.2) is 6.07 Å². The first-order chi connectivity index (χ1) is 9.72. The van der Waals surface area contributed by atoms with Gasteiger partial charge in [0.25, 0.3) is 0 Å². The standard InChI is InChI=1S/C16H22N4O/c1-10-6-11(2)18-14(13(10)7-17)20-8-12(9-20)19-15(21)16(3,4)5/h6,12H,8-9H2,1-5H3,(H,19,21). The number of nitriles is 1. The summed E-state index contributed by atoms with van der Waals surface area (Å²) in [6.45, 7) is 11.0. The molecule has 0 unspecified atom stereocenters. The highest BCUT2D eigenvalue weighted by Gasteiger charge is 2.33. The van der Waals surface area contributed by atoms with E-state index in [1.807, 2.05) is 45.6 Å². The Morgan fingerprint density at radius 1 is 1.43 bits per heavy atom. The van der Waals surface area contributed by atoms with E-state index in [9.17, 15) is 10.1 Å².